The number of para-hydroxylation sites is 2. The maximum Gasteiger partial charge on any atom is 0.226 e. The molecule has 2 aromatic rings. The first-order valence-corrected chi connectivity index (χ1v) is 8.39. The van der Waals surface area contributed by atoms with E-state index in [1.165, 1.54) is 0 Å². The van der Waals surface area contributed by atoms with Crippen LogP contribution in [0.4, 0.5) is 11.4 Å². The second-order valence-corrected chi connectivity index (χ2v) is 6.28. The third kappa shape index (κ3) is 5.46. The number of amides is 1. The Labute approximate surface area is 148 Å². The Kier molecular flexibility index (Phi) is 6.50. The fourth-order valence-corrected chi connectivity index (χ4v) is 2.39. The molecule has 5 heteroatoms. The van der Waals surface area contributed by atoms with E-state index in [0.717, 1.165) is 22.7 Å². The highest BCUT2D eigenvalue weighted by molar-refractivity contribution is 6.31. The van der Waals surface area contributed by atoms with Crippen molar-refractivity contribution in [3.05, 3.63) is 53.1 Å². The number of carbonyl (C=O) groups is 1. The Morgan fingerprint density at radius 2 is 1.92 bits per heavy atom. The number of benzene rings is 2. The van der Waals surface area contributed by atoms with Crippen LogP contribution in [-0.2, 0) is 4.79 Å². The average molecular weight is 347 g/mol. The van der Waals surface area contributed by atoms with E-state index in [-0.39, 0.29) is 12.0 Å². The lowest BCUT2D eigenvalue weighted by molar-refractivity contribution is -0.115. The third-order valence-corrected chi connectivity index (χ3v) is 3.63. The molecular weight excluding hydrogens is 324 g/mol. The summed E-state index contributed by atoms with van der Waals surface area (Å²) in [4.78, 5) is 12.1. The number of carbonyl (C=O) groups excluding carboxylic acids is 1. The van der Waals surface area contributed by atoms with Crippen LogP contribution in [0, 0.1) is 6.92 Å². The highest BCUT2D eigenvalue weighted by Gasteiger charge is 2.08. The van der Waals surface area contributed by atoms with E-state index < -0.39 is 0 Å². The fourth-order valence-electron chi connectivity index (χ4n) is 2.22. The quantitative estimate of drug-likeness (QED) is 0.751. The van der Waals surface area contributed by atoms with Crippen LogP contribution < -0.4 is 15.4 Å². The molecule has 0 atom stereocenters. The summed E-state index contributed by atoms with van der Waals surface area (Å²) in [7, 11) is 0. The molecule has 0 aliphatic heterocycles. The third-order valence-electron chi connectivity index (χ3n) is 3.39. The molecule has 1 amide bonds. The van der Waals surface area contributed by atoms with Crippen LogP contribution in [0.3, 0.4) is 0 Å². The topological polar surface area (TPSA) is 50.4 Å². The molecule has 2 N–H and O–H groups in total. The van der Waals surface area contributed by atoms with Crippen molar-refractivity contribution in [2.75, 3.05) is 17.2 Å². The summed E-state index contributed by atoms with van der Waals surface area (Å²) < 4.78 is 5.75. The molecule has 0 saturated carbocycles. The fraction of sp³-hybridized carbons (Fsp3) is 0.316. The van der Waals surface area contributed by atoms with Crippen LogP contribution in [0.25, 0.3) is 0 Å². The molecule has 0 fully saturated rings. The summed E-state index contributed by atoms with van der Waals surface area (Å²) in [6.07, 6.45) is 0.448. The van der Waals surface area contributed by atoms with Gasteiger partial charge in [-0.3, -0.25) is 4.79 Å². The molecule has 0 saturated heterocycles. The van der Waals surface area contributed by atoms with Crippen LogP contribution in [-0.4, -0.2) is 18.6 Å². The summed E-state index contributed by atoms with van der Waals surface area (Å²) in [6, 6.07) is 13.2. The number of ether oxygens (including phenoxy) is 1. The highest BCUT2D eigenvalue weighted by Crippen LogP contribution is 2.25. The molecule has 24 heavy (non-hydrogen) atoms. The van der Waals surface area contributed by atoms with Gasteiger partial charge in [0.2, 0.25) is 5.91 Å². The SMILES string of the molecule is Cc1ccc(Cl)cc1NC(=O)CCNc1ccccc1OC(C)C. The van der Waals surface area contributed by atoms with Gasteiger partial charge in [0.15, 0.2) is 0 Å². The van der Waals surface area contributed by atoms with E-state index in [0.29, 0.717) is 18.0 Å². The van der Waals surface area contributed by atoms with Crippen molar-refractivity contribution in [1.82, 2.24) is 0 Å². The average Bonchev–Trinajstić information content (AvgIpc) is 2.52. The molecule has 4 nitrogen and oxygen atoms in total. The summed E-state index contributed by atoms with van der Waals surface area (Å²) in [5, 5.41) is 6.74. The van der Waals surface area contributed by atoms with Gasteiger partial charge in [0.25, 0.3) is 0 Å². The van der Waals surface area contributed by atoms with Crippen LogP contribution >= 0.6 is 11.6 Å². The summed E-state index contributed by atoms with van der Waals surface area (Å²) in [5.41, 5.74) is 2.62. The predicted molar refractivity (Wildman–Crippen MR) is 100 cm³/mol. The Balaban J connectivity index is 1.88. The van der Waals surface area contributed by atoms with Gasteiger partial charge in [-0.05, 0) is 50.6 Å². The number of hydrogen-bond donors (Lipinski definition) is 2. The first kappa shape index (κ1) is 18.1. The zero-order chi connectivity index (χ0) is 17.5. The van der Waals surface area contributed by atoms with Gasteiger partial charge in [0.05, 0.1) is 11.8 Å². The molecule has 0 bridgehead atoms. The monoisotopic (exact) mass is 346 g/mol. The van der Waals surface area contributed by atoms with E-state index >= 15 is 0 Å². The lowest BCUT2D eigenvalue weighted by Crippen LogP contribution is -2.17. The Hall–Kier alpha value is -2.20. The molecule has 2 aromatic carbocycles. The standard InChI is InChI=1S/C19H23ClN2O2/c1-13(2)24-18-7-5-4-6-16(18)21-11-10-19(23)22-17-12-15(20)9-8-14(17)3/h4-9,12-13,21H,10-11H2,1-3H3,(H,22,23). The zero-order valence-electron chi connectivity index (χ0n) is 14.2. The van der Waals surface area contributed by atoms with Crippen molar-refractivity contribution in [3.63, 3.8) is 0 Å². The molecule has 2 rings (SSSR count). The second-order valence-electron chi connectivity index (χ2n) is 5.85. The first-order valence-electron chi connectivity index (χ1n) is 8.01. The molecule has 0 radical (unpaired) electrons. The van der Waals surface area contributed by atoms with E-state index in [4.69, 9.17) is 16.3 Å². The minimum Gasteiger partial charge on any atom is -0.489 e. The number of hydrogen-bond acceptors (Lipinski definition) is 3. The first-order chi connectivity index (χ1) is 11.5. The summed E-state index contributed by atoms with van der Waals surface area (Å²) in [5.74, 6) is 0.730. The number of nitrogens with one attached hydrogen (secondary N) is 2. The minimum atomic E-state index is -0.0601. The maximum absolute atomic E-state index is 12.1. The number of anilines is 2. The van der Waals surface area contributed by atoms with Crippen molar-refractivity contribution < 1.29 is 9.53 Å². The molecule has 0 unspecified atom stereocenters. The van der Waals surface area contributed by atoms with Gasteiger partial charge in [0.1, 0.15) is 5.75 Å². The van der Waals surface area contributed by atoms with Crippen LogP contribution in [0.15, 0.2) is 42.5 Å². The lowest BCUT2D eigenvalue weighted by atomic mass is 10.2. The molecule has 128 valence electrons. The van der Waals surface area contributed by atoms with Gasteiger partial charge in [-0.1, -0.05) is 29.8 Å². The normalized spacial score (nSPS) is 10.5. The number of aryl methyl sites for hydroxylation is 1. The molecule has 0 aliphatic rings. The van der Waals surface area contributed by atoms with Crippen molar-refractivity contribution in [2.24, 2.45) is 0 Å². The van der Waals surface area contributed by atoms with Crippen LogP contribution in [0.1, 0.15) is 25.8 Å². The molecule has 0 spiro atoms. The van der Waals surface area contributed by atoms with Crippen LogP contribution in [0.5, 0.6) is 5.75 Å². The van der Waals surface area contributed by atoms with Gasteiger partial charge in [-0.25, -0.2) is 0 Å². The number of halogens is 1. The zero-order valence-corrected chi connectivity index (χ0v) is 15.0. The summed E-state index contributed by atoms with van der Waals surface area (Å²) >= 11 is 5.97. The predicted octanol–water partition coefficient (Wildman–Crippen LogP) is 4.88. The minimum absolute atomic E-state index is 0.0601. The Morgan fingerprint density at radius 3 is 2.67 bits per heavy atom. The van der Waals surface area contributed by atoms with Gasteiger partial charge in [0, 0.05) is 23.7 Å². The Bertz CT molecular complexity index is 702. The maximum atomic E-state index is 12.1. The van der Waals surface area contributed by atoms with E-state index in [2.05, 4.69) is 10.6 Å². The molecule has 0 aromatic heterocycles. The largest absolute Gasteiger partial charge is 0.489 e. The van der Waals surface area contributed by atoms with E-state index in [1.54, 1.807) is 12.1 Å². The van der Waals surface area contributed by atoms with Crippen molar-refractivity contribution >= 4 is 28.9 Å². The van der Waals surface area contributed by atoms with E-state index in [1.807, 2.05) is 51.1 Å². The molecular formula is C19H23ClN2O2. The van der Waals surface area contributed by atoms with Crippen LogP contribution in [0.2, 0.25) is 5.02 Å². The van der Waals surface area contributed by atoms with E-state index in [9.17, 15) is 4.79 Å². The van der Waals surface area contributed by atoms with Crippen molar-refractivity contribution in [1.29, 1.82) is 0 Å². The van der Waals surface area contributed by atoms with Crippen molar-refractivity contribution in [3.8, 4) is 5.75 Å². The van der Waals surface area contributed by atoms with Gasteiger partial charge in [-0.15, -0.1) is 0 Å². The highest BCUT2D eigenvalue weighted by atomic mass is 35.5. The second kappa shape index (κ2) is 8.60. The lowest BCUT2D eigenvalue weighted by Gasteiger charge is -2.15. The van der Waals surface area contributed by atoms with Crippen molar-refractivity contribution in [2.45, 2.75) is 33.3 Å². The molecule has 0 aliphatic carbocycles. The van der Waals surface area contributed by atoms with Gasteiger partial charge in [-0.2, -0.15) is 0 Å². The van der Waals surface area contributed by atoms with Gasteiger partial charge < -0.3 is 15.4 Å². The van der Waals surface area contributed by atoms with Gasteiger partial charge >= 0.3 is 0 Å². The number of rotatable bonds is 7. The summed E-state index contributed by atoms with van der Waals surface area (Å²) in [6.45, 7) is 6.42. The molecule has 0 heterocycles. The smallest absolute Gasteiger partial charge is 0.226 e. The Morgan fingerprint density at radius 1 is 1.17 bits per heavy atom.